The molecule has 0 fully saturated rings. The van der Waals surface area contributed by atoms with Gasteiger partial charge in [0.2, 0.25) is 0 Å². The average Bonchev–Trinajstić information content (AvgIpc) is 2.48. The van der Waals surface area contributed by atoms with Gasteiger partial charge >= 0.3 is 0 Å². The molecule has 0 aliphatic rings. The van der Waals surface area contributed by atoms with Gasteiger partial charge in [0.15, 0.2) is 0 Å². The van der Waals surface area contributed by atoms with Gasteiger partial charge in [-0.15, -0.1) is 0 Å². The van der Waals surface area contributed by atoms with E-state index >= 15 is 0 Å². The molecular formula is C15H16BrN3O. The molecule has 0 saturated heterocycles. The van der Waals surface area contributed by atoms with Gasteiger partial charge in [-0.25, -0.2) is 4.98 Å². The summed E-state index contributed by atoms with van der Waals surface area (Å²) < 4.78 is 0.972. The fraction of sp³-hybridized carbons (Fsp3) is 0.200. The number of anilines is 2. The van der Waals surface area contributed by atoms with E-state index in [9.17, 15) is 4.79 Å². The van der Waals surface area contributed by atoms with Gasteiger partial charge < -0.3 is 10.6 Å². The molecule has 0 atom stereocenters. The first kappa shape index (κ1) is 14.5. The van der Waals surface area contributed by atoms with E-state index in [0.29, 0.717) is 5.69 Å². The number of nitrogens with one attached hydrogen (secondary N) is 2. The number of carbonyl (C=O) groups is 1. The van der Waals surface area contributed by atoms with E-state index in [1.54, 1.807) is 6.07 Å². The summed E-state index contributed by atoms with van der Waals surface area (Å²) in [6.07, 6.45) is 1.01. The van der Waals surface area contributed by atoms with Crippen molar-refractivity contribution in [3.63, 3.8) is 0 Å². The second-order valence-corrected chi connectivity index (χ2v) is 5.21. The van der Waals surface area contributed by atoms with Crippen molar-refractivity contribution in [2.24, 2.45) is 0 Å². The number of benzene rings is 1. The molecule has 4 nitrogen and oxygen atoms in total. The lowest BCUT2D eigenvalue weighted by atomic mass is 10.3. The summed E-state index contributed by atoms with van der Waals surface area (Å²) in [5, 5.41) is 5.98. The summed E-state index contributed by atoms with van der Waals surface area (Å²) >= 11 is 3.36. The van der Waals surface area contributed by atoms with Gasteiger partial charge in [0, 0.05) is 16.7 Å². The van der Waals surface area contributed by atoms with Gasteiger partial charge in [0.05, 0.1) is 0 Å². The molecule has 0 aliphatic carbocycles. The highest BCUT2D eigenvalue weighted by atomic mass is 79.9. The highest BCUT2D eigenvalue weighted by Gasteiger charge is 2.08. The molecule has 0 aliphatic heterocycles. The van der Waals surface area contributed by atoms with E-state index < -0.39 is 0 Å². The third-order valence-electron chi connectivity index (χ3n) is 2.64. The van der Waals surface area contributed by atoms with Crippen LogP contribution in [-0.2, 0) is 0 Å². The summed E-state index contributed by atoms with van der Waals surface area (Å²) in [5.74, 6) is 0.503. The predicted octanol–water partition coefficient (Wildman–Crippen LogP) is 3.92. The van der Waals surface area contributed by atoms with E-state index in [1.807, 2.05) is 36.4 Å². The number of nitrogens with zero attached hydrogens (tertiary/aromatic N) is 1. The molecule has 2 aromatic rings. The van der Waals surface area contributed by atoms with Crippen molar-refractivity contribution in [3.05, 3.63) is 52.6 Å². The van der Waals surface area contributed by atoms with Gasteiger partial charge in [0.1, 0.15) is 11.5 Å². The predicted molar refractivity (Wildman–Crippen MR) is 85.1 cm³/mol. The molecule has 0 spiro atoms. The Hall–Kier alpha value is -1.88. The Morgan fingerprint density at radius 3 is 2.65 bits per heavy atom. The molecule has 0 saturated carbocycles. The number of rotatable bonds is 5. The molecule has 2 N–H and O–H groups in total. The molecule has 1 aromatic heterocycles. The summed E-state index contributed by atoms with van der Waals surface area (Å²) in [6, 6.07) is 12.8. The van der Waals surface area contributed by atoms with E-state index in [0.717, 1.165) is 28.9 Å². The van der Waals surface area contributed by atoms with Crippen LogP contribution in [-0.4, -0.2) is 17.4 Å². The molecule has 0 bridgehead atoms. The van der Waals surface area contributed by atoms with Gasteiger partial charge in [-0.1, -0.05) is 28.9 Å². The molecule has 5 heteroatoms. The number of amides is 1. The number of halogens is 1. The molecule has 1 amide bonds. The number of carbonyl (C=O) groups excluding carboxylic acids is 1. The fourth-order valence-corrected chi connectivity index (χ4v) is 1.91. The van der Waals surface area contributed by atoms with Crippen molar-refractivity contribution in [2.75, 3.05) is 17.2 Å². The molecule has 2 rings (SSSR count). The first-order valence-corrected chi connectivity index (χ1v) is 7.26. The minimum atomic E-state index is -0.215. The molecule has 1 heterocycles. The normalized spacial score (nSPS) is 10.1. The molecule has 0 unspecified atom stereocenters. The minimum Gasteiger partial charge on any atom is -0.370 e. The third kappa shape index (κ3) is 4.06. The first-order valence-electron chi connectivity index (χ1n) is 6.47. The number of aromatic nitrogens is 1. The van der Waals surface area contributed by atoms with Crippen LogP contribution in [0.15, 0.2) is 46.9 Å². The lowest BCUT2D eigenvalue weighted by Gasteiger charge is -2.07. The standard InChI is InChI=1S/C15H16BrN3O/c1-2-10-17-14-5-3-4-13(19-14)15(20)18-12-8-6-11(16)7-9-12/h3-9H,2,10H2,1H3,(H,17,19)(H,18,20). The Labute approximate surface area is 126 Å². The molecule has 1 aromatic carbocycles. The summed E-state index contributed by atoms with van der Waals surface area (Å²) in [5.41, 5.74) is 1.14. The molecular weight excluding hydrogens is 318 g/mol. The second-order valence-electron chi connectivity index (χ2n) is 4.30. The average molecular weight is 334 g/mol. The summed E-state index contributed by atoms with van der Waals surface area (Å²) in [7, 11) is 0. The van der Waals surface area contributed by atoms with Crippen LogP contribution >= 0.6 is 15.9 Å². The van der Waals surface area contributed by atoms with Crippen LogP contribution in [0, 0.1) is 0 Å². The second kappa shape index (κ2) is 7.05. The quantitative estimate of drug-likeness (QED) is 0.871. The van der Waals surface area contributed by atoms with Crippen LogP contribution in [0.4, 0.5) is 11.5 Å². The van der Waals surface area contributed by atoms with Crippen LogP contribution in [0.3, 0.4) is 0 Å². The maximum atomic E-state index is 12.1. The van der Waals surface area contributed by atoms with Crippen LogP contribution in [0.2, 0.25) is 0 Å². The monoisotopic (exact) mass is 333 g/mol. The Kier molecular flexibility index (Phi) is 5.12. The van der Waals surface area contributed by atoms with Gasteiger partial charge in [-0.3, -0.25) is 4.79 Å². The van der Waals surface area contributed by atoms with E-state index in [1.165, 1.54) is 0 Å². The highest BCUT2D eigenvalue weighted by molar-refractivity contribution is 9.10. The first-order chi connectivity index (χ1) is 9.69. The lowest BCUT2D eigenvalue weighted by molar-refractivity contribution is 0.102. The van der Waals surface area contributed by atoms with Crippen LogP contribution in [0.25, 0.3) is 0 Å². The summed E-state index contributed by atoms with van der Waals surface area (Å²) in [6.45, 7) is 2.92. The van der Waals surface area contributed by atoms with E-state index in [-0.39, 0.29) is 5.91 Å². The Morgan fingerprint density at radius 2 is 1.95 bits per heavy atom. The maximum Gasteiger partial charge on any atom is 0.274 e. The van der Waals surface area contributed by atoms with Crippen LogP contribution < -0.4 is 10.6 Å². The smallest absolute Gasteiger partial charge is 0.274 e. The Morgan fingerprint density at radius 1 is 1.20 bits per heavy atom. The van der Waals surface area contributed by atoms with Crippen molar-refractivity contribution < 1.29 is 4.79 Å². The third-order valence-corrected chi connectivity index (χ3v) is 3.17. The number of pyridine rings is 1. The number of hydrogen-bond donors (Lipinski definition) is 2. The maximum absolute atomic E-state index is 12.1. The largest absolute Gasteiger partial charge is 0.370 e. The van der Waals surface area contributed by atoms with Crippen molar-refractivity contribution in [1.29, 1.82) is 0 Å². The van der Waals surface area contributed by atoms with Crippen LogP contribution in [0.5, 0.6) is 0 Å². The topological polar surface area (TPSA) is 54.0 Å². The SMILES string of the molecule is CCCNc1cccc(C(=O)Nc2ccc(Br)cc2)n1. The van der Waals surface area contributed by atoms with E-state index in [4.69, 9.17) is 0 Å². The molecule has 20 heavy (non-hydrogen) atoms. The van der Waals surface area contributed by atoms with Crippen molar-refractivity contribution in [3.8, 4) is 0 Å². The van der Waals surface area contributed by atoms with Crippen molar-refractivity contribution in [1.82, 2.24) is 4.98 Å². The molecule has 0 radical (unpaired) electrons. The highest BCUT2D eigenvalue weighted by Crippen LogP contribution is 2.15. The van der Waals surface area contributed by atoms with Crippen LogP contribution in [0.1, 0.15) is 23.8 Å². The zero-order valence-electron chi connectivity index (χ0n) is 11.2. The zero-order valence-corrected chi connectivity index (χ0v) is 12.8. The number of hydrogen-bond acceptors (Lipinski definition) is 3. The van der Waals surface area contributed by atoms with Gasteiger partial charge in [-0.05, 0) is 42.8 Å². The summed E-state index contributed by atoms with van der Waals surface area (Å²) in [4.78, 5) is 16.4. The zero-order chi connectivity index (χ0) is 14.4. The van der Waals surface area contributed by atoms with Gasteiger partial charge in [-0.2, -0.15) is 0 Å². The van der Waals surface area contributed by atoms with Crippen molar-refractivity contribution >= 4 is 33.3 Å². The molecule has 104 valence electrons. The lowest BCUT2D eigenvalue weighted by Crippen LogP contribution is -2.14. The fourth-order valence-electron chi connectivity index (χ4n) is 1.64. The van der Waals surface area contributed by atoms with Crippen molar-refractivity contribution in [2.45, 2.75) is 13.3 Å². The van der Waals surface area contributed by atoms with Gasteiger partial charge in [0.25, 0.3) is 5.91 Å². The minimum absolute atomic E-state index is 0.215. The Bertz CT molecular complexity index is 584. The Balaban J connectivity index is 2.06. The van der Waals surface area contributed by atoms with E-state index in [2.05, 4.69) is 38.5 Å².